The normalized spacial score (nSPS) is 26.1. The number of nitrogens with zero attached hydrogens (tertiary/aromatic N) is 3. The van der Waals surface area contributed by atoms with Gasteiger partial charge in [-0.05, 0) is 57.3 Å². The Morgan fingerprint density at radius 2 is 2.04 bits per heavy atom. The Bertz CT molecular complexity index is 532. The van der Waals surface area contributed by atoms with Crippen molar-refractivity contribution in [1.29, 1.82) is 0 Å². The summed E-state index contributed by atoms with van der Waals surface area (Å²) < 4.78 is 5.42. The van der Waals surface area contributed by atoms with Gasteiger partial charge in [-0.15, -0.1) is 0 Å². The first kappa shape index (κ1) is 16.0. The Morgan fingerprint density at radius 3 is 2.79 bits per heavy atom. The van der Waals surface area contributed by atoms with E-state index >= 15 is 0 Å². The second-order valence-corrected chi connectivity index (χ2v) is 7.44. The minimum Gasteiger partial charge on any atom is -0.469 e. The molecule has 0 spiro atoms. The third-order valence-corrected chi connectivity index (χ3v) is 5.48. The number of rotatable bonds is 5. The first-order valence-electron chi connectivity index (χ1n) is 9.71. The van der Waals surface area contributed by atoms with Gasteiger partial charge in [-0.25, -0.2) is 0 Å². The second-order valence-electron chi connectivity index (χ2n) is 7.44. The molecule has 3 fully saturated rings. The van der Waals surface area contributed by atoms with Crippen molar-refractivity contribution in [2.75, 3.05) is 32.7 Å². The molecule has 2 saturated heterocycles. The second kappa shape index (κ2) is 7.60. The Balaban J connectivity index is 1.34. The fourth-order valence-corrected chi connectivity index (χ4v) is 3.89. The van der Waals surface area contributed by atoms with Crippen LogP contribution in [-0.4, -0.2) is 60.6 Å². The summed E-state index contributed by atoms with van der Waals surface area (Å²) in [5, 5.41) is 3.66. The number of guanidine groups is 1. The molecule has 0 aromatic carbocycles. The van der Waals surface area contributed by atoms with Crippen LogP contribution in [0.15, 0.2) is 27.8 Å². The summed E-state index contributed by atoms with van der Waals surface area (Å²) in [6, 6.07) is 5.36. The van der Waals surface area contributed by atoms with Crippen molar-refractivity contribution in [2.45, 2.75) is 57.0 Å². The Morgan fingerprint density at radius 1 is 1.17 bits per heavy atom. The van der Waals surface area contributed by atoms with Crippen LogP contribution in [0.25, 0.3) is 0 Å². The van der Waals surface area contributed by atoms with E-state index in [0.717, 1.165) is 43.8 Å². The van der Waals surface area contributed by atoms with Gasteiger partial charge >= 0.3 is 0 Å². The summed E-state index contributed by atoms with van der Waals surface area (Å²) in [5.41, 5.74) is 0. The average molecular weight is 330 g/mol. The van der Waals surface area contributed by atoms with Gasteiger partial charge in [-0.1, -0.05) is 6.42 Å². The maximum absolute atomic E-state index is 5.42. The van der Waals surface area contributed by atoms with Gasteiger partial charge in [0.15, 0.2) is 5.96 Å². The molecule has 132 valence electrons. The fraction of sp³-hybridized carbons (Fsp3) is 0.737. The molecular formula is C19H30N4O. The Kier molecular flexibility index (Phi) is 5.07. The molecule has 24 heavy (non-hydrogen) atoms. The van der Waals surface area contributed by atoms with Crippen LogP contribution in [0, 0.1) is 0 Å². The summed E-state index contributed by atoms with van der Waals surface area (Å²) in [4.78, 5) is 10.1. The van der Waals surface area contributed by atoms with E-state index in [1.165, 1.54) is 51.6 Å². The molecule has 0 bridgehead atoms. The van der Waals surface area contributed by atoms with Crippen LogP contribution < -0.4 is 5.32 Å². The van der Waals surface area contributed by atoms with Crippen molar-refractivity contribution >= 4 is 5.96 Å². The predicted octanol–water partition coefficient (Wildman–Crippen LogP) is 2.49. The van der Waals surface area contributed by atoms with Gasteiger partial charge in [0.05, 0.1) is 6.26 Å². The van der Waals surface area contributed by atoms with Crippen LogP contribution in [0.4, 0.5) is 0 Å². The maximum Gasteiger partial charge on any atom is 0.194 e. The van der Waals surface area contributed by atoms with Crippen LogP contribution in [0.2, 0.25) is 0 Å². The van der Waals surface area contributed by atoms with Crippen LogP contribution >= 0.6 is 0 Å². The van der Waals surface area contributed by atoms with Gasteiger partial charge in [0.25, 0.3) is 0 Å². The van der Waals surface area contributed by atoms with E-state index in [0.29, 0.717) is 6.04 Å². The van der Waals surface area contributed by atoms with Crippen molar-refractivity contribution < 1.29 is 4.42 Å². The number of likely N-dealkylation sites (tertiary alicyclic amines) is 2. The smallest absolute Gasteiger partial charge is 0.194 e. The summed E-state index contributed by atoms with van der Waals surface area (Å²) in [5.74, 6) is 2.15. The van der Waals surface area contributed by atoms with E-state index < -0.39 is 0 Å². The summed E-state index contributed by atoms with van der Waals surface area (Å²) in [6.45, 7) is 5.66. The van der Waals surface area contributed by atoms with Gasteiger partial charge in [0.1, 0.15) is 5.76 Å². The monoisotopic (exact) mass is 330 g/mol. The first-order chi connectivity index (χ1) is 11.9. The molecule has 1 atom stereocenters. The van der Waals surface area contributed by atoms with Crippen molar-refractivity contribution in [3.63, 3.8) is 0 Å². The zero-order valence-electron chi connectivity index (χ0n) is 14.6. The first-order valence-corrected chi connectivity index (χ1v) is 9.71. The van der Waals surface area contributed by atoms with Gasteiger partial charge < -0.3 is 14.6 Å². The number of furan rings is 1. The topological polar surface area (TPSA) is 44.0 Å². The van der Waals surface area contributed by atoms with E-state index in [2.05, 4.69) is 15.1 Å². The molecule has 1 saturated carbocycles. The Hall–Kier alpha value is -1.49. The molecule has 4 rings (SSSR count). The molecule has 2 aliphatic heterocycles. The lowest BCUT2D eigenvalue weighted by Gasteiger charge is -2.32. The molecule has 1 aromatic rings. The highest BCUT2D eigenvalue weighted by molar-refractivity contribution is 5.81. The van der Waals surface area contributed by atoms with Crippen molar-refractivity contribution in [3.05, 3.63) is 24.2 Å². The molecule has 0 radical (unpaired) electrons. The lowest BCUT2D eigenvalue weighted by atomic mass is 10.1. The number of hydrogen-bond donors (Lipinski definition) is 1. The van der Waals surface area contributed by atoms with Crippen molar-refractivity contribution in [3.8, 4) is 0 Å². The minimum atomic E-state index is 0.654. The minimum absolute atomic E-state index is 0.654. The Labute approximate surface area is 145 Å². The molecule has 1 aliphatic carbocycles. The SMILES string of the molecule is c1coc(CCN=C(NC2CC2)N2CCC(N3CCCCC3)C2)c1. The van der Waals surface area contributed by atoms with E-state index in [-0.39, 0.29) is 0 Å². The zero-order chi connectivity index (χ0) is 16.2. The molecule has 0 amide bonds. The largest absolute Gasteiger partial charge is 0.469 e. The predicted molar refractivity (Wildman–Crippen MR) is 96.3 cm³/mol. The highest BCUT2D eigenvalue weighted by atomic mass is 16.3. The van der Waals surface area contributed by atoms with Crippen LogP contribution in [0.1, 0.15) is 44.3 Å². The van der Waals surface area contributed by atoms with Gasteiger partial charge in [-0.2, -0.15) is 0 Å². The van der Waals surface area contributed by atoms with E-state index in [1.54, 1.807) is 6.26 Å². The molecule has 3 aliphatic rings. The molecule has 5 heteroatoms. The van der Waals surface area contributed by atoms with Crippen LogP contribution in [0.5, 0.6) is 0 Å². The molecular weight excluding hydrogens is 300 g/mol. The lowest BCUT2D eigenvalue weighted by molar-refractivity contribution is 0.168. The summed E-state index contributed by atoms with van der Waals surface area (Å²) >= 11 is 0. The zero-order valence-corrected chi connectivity index (χ0v) is 14.6. The quantitative estimate of drug-likeness (QED) is 0.665. The average Bonchev–Trinajstić information content (AvgIpc) is 3.10. The number of aliphatic imine (C=N–C) groups is 1. The number of nitrogens with one attached hydrogen (secondary N) is 1. The molecule has 1 aromatic heterocycles. The standard InChI is InChI=1S/C19H30N4O/c1-2-11-22(12-3-1)17-9-13-23(15-17)19(21-16-6-7-16)20-10-8-18-5-4-14-24-18/h4-5,14,16-17H,1-3,6-13,15H2,(H,20,21). The molecule has 1 unspecified atom stereocenters. The molecule has 1 N–H and O–H groups in total. The van der Waals surface area contributed by atoms with Crippen molar-refractivity contribution in [1.82, 2.24) is 15.1 Å². The van der Waals surface area contributed by atoms with E-state index in [9.17, 15) is 0 Å². The van der Waals surface area contributed by atoms with Gasteiger partial charge in [-0.3, -0.25) is 9.89 Å². The highest BCUT2D eigenvalue weighted by Crippen LogP contribution is 2.23. The van der Waals surface area contributed by atoms with Crippen LogP contribution in [-0.2, 0) is 6.42 Å². The van der Waals surface area contributed by atoms with Crippen molar-refractivity contribution in [2.24, 2.45) is 4.99 Å². The van der Waals surface area contributed by atoms with E-state index in [4.69, 9.17) is 9.41 Å². The molecule has 5 nitrogen and oxygen atoms in total. The summed E-state index contributed by atoms with van der Waals surface area (Å²) in [7, 11) is 0. The van der Waals surface area contributed by atoms with Gasteiger partial charge in [0.2, 0.25) is 0 Å². The fourth-order valence-electron chi connectivity index (χ4n) is 3.89. The third kappa shape index (κ3) is 4.12. The summed E-state index contributed by atoms with van der Waals surface area (Å²) in [6.07, 6.45) is 10.7. The third-order valence-electron chi connectivity index (χ3n) is 5.48. The maximum atomic E-state index is 5.42. The van der Waals surface area contributed by atoms with E-state index in [1.807, 2.05) is 12.1 Å². The lowest BCUT2D eigenvalue weighted by Crippen LogP contribution is -2.45. The van der Waals surface area contributed by atoms with Gasteiger partial charge in [0, 0.05) is 38.1 Å². The number of piperidine rings is 1. The highest BCUT2D eigenvalue weighted by Gasteiger charge is 2.32. The van der Waals surface area contributed by atoms with Crippen LogP contribution in [0.3, 0.4) is 0 Å². The molecule has 3 heterocycles. The number of hydrogen-bond acceptors (Lipinski definition) is 3.